The van der Waals surface area contributed by atoms with Gasteiger partial charge in [0.05, 0.1) is 10.2 Å². The maximum absolute atomic E-state index is 6.08. The first-order chi connectivity index (χ1) is 9.32. The predicted octanol–water partition coefficient (Wildman–Crippen LogP) is 4.80. The SMILES string of the molecule is CCC1CCC(c2nc(N)c(Br)c(C(C)(C)C)n2)CC1. The normalized spacial score (nSPS) is 23.9. The molecule has 0 atom stereocenters. The predicted molar refractivity (Wildman–Crippen MR) is 87.8 cm³/mol. The maximum atomic E-state index is 6.08. The van der Waals surface area contributed by atoms with Crippen LogP contribution in [0, 0.1) is 5.92 Å². The Morgan fingerprint density at radius 3 is 2.25 bits per heavy atom. The van der Waals surface area contributed by atoms with E-state index >= 15 is 0 Å². The molecule has 1 aromatic rings. The lowest BCUT2D eigenvalue weighted by molar-refractivity contribution is 0.311. The van der Waals surface area contributed by atoms with Crippen molar-refractivity contribution in [1.82, 2.24) is 9.97 Å². The fourth-order valence-electron chi connectivity index (χ4n) is 2.99. The van der Waals surface area contributed by atoms with Crippen LogP contribution in [0.15, 0.2) is 4.47 Å². The topological polar surface area (TPSA) is 51.8 Å². The summed E-state index contributed by atoms with van der Waals surface area (Å²) in [6.07, 6.45) is 6.28. The van der Waals surface area contributed by atoms with Gasteiger partial charge in [-0.25, -0.2) is 9.97 Å². The zero-order chi connectivity index (χ0) is 14.9. The third-order valence-electron chi connectivity index (χ3n) is 4.39. The van der Waals surface area contributed by atoms with Crippen molar-refractivity contribution in [2.24, 2.45) is 5.92 Å². The second kappa shape index (κ2) is 6.00. The van der Waals surface area contributed by atoms with Crippen molar-refractivity contribution in [1.29, 1.82) is 0 Å². The molecule has 0 aliphatic heterocycles. The van der Waals surface area contributed by atoms with E-state index in [9.17, 15) is 0 Å². The third kappa shape index (κ3) is 3.33. The van der Waals surface area contributed by atoms with E-state index in [2.05, 4.69) is 48.6 Å². The molecule has 4 heteroatoms. The number of anilines is 1. The summed E-state index contributed by atoms with van der Waals surface area (Å²) < 4.78 is 0.857. The van der Waals surface area contributed by atoms with Gasteiger partial charge < -0.3 is 5.73 Å². The number of nitrogens with two attached hydrogens (primary N) is 1. The van der Waals surface area contributed by atoms with Crippen molar-refractivity contribution in [2.75, 3.05) is 5.73 Å². The molecule has 3 nitrogen and oxygen atoms in total. The van der Waals surface area contributed by atoms with Crippen LogP contribution in [0.4, 0.5) is 5.82 Å². The summed E-state index contributed by atoms with van der Waals surface area (Å²) in [5, 5.41) is 0. The molecule has 0 saturated heterocycles. The fourth-order valence-corrected chi connectivity index (χ4v) is 3.76. The van der Waals surface area contributed by atoms with E-state index in [1.54, 1.807) is 0 Å². The van der Waals surface area contributed by atoms with Gasteiger partial charge in [-0.3, -0.25) is 0 Å². The highest BCUT2D eigenvalue weighted by Gasteiger charge is 2.27. The smallest absolute Gasteiger partial charge is 0.141 e. The van der Waals surface area contributed by atoms with E-state index < -0.39 is 0 Å². The van der Waals surface area contributed by atoms with Crippen LogP contribution in [-0.4, -0.2) is 9.97 Å². The fraction of sp³-hybridized carbons (Fsp3) is 0.750. The molecule has 0 amide bonds. The van der Waals surface area contributed by atoms with Crippen LogP contribution < -0.4 is 5.73 Å². The Balaban J connectivity index is 2.27. The number of nitrogen functional groups attached to an aromatic ring is 1. The van der Waals surface area contributed by atoms with Gasteiger partial charge in [-0.2, -0.15) is 0 Å². The monoisotopic (exact) mass is 339 g/mol. The van der Waals surface area contributed by atoms with Gasteiger partial charge in [-0.15, -0.1) is 0 Å². The molecule has 0 spiro atoms. The minimum atomic E-state index is -0.0226. The summed E-state index contributed by atoms with van der Waals surface area (Å²) in [4.78, 5) is 9.38. The molecule has 1 saturated carbocycles. The summed E-state index contributed by atoms with van der Waals surface area (Å²) in [5.41, 5.74) is 7.08. The summed E-state index contributed by atoms with van der Waals surface area (Å²) in [6.45, 7) is 8.78. The van der Waals surface area contributed by atoms with Gasteiger partial charge in [0.25, 0.3) is 0 Å². The van der Waals surface area contributed by atoms with Crippen LogP contribution in [0.3, 0.4) is 0 Å². The summed E-state index contributed by atoms with van der Waals surface area (Å²) in [5.74, 6) is 2.90. The number of hydrogen-bond acceptors (Lipinski definition) is 3. The van der Waals surface area contributed by atoms with Gasteiger partial charge in [0.15, 0.2) is 0 Å². The zero-order valence-corrected chi connectivity index (χ0v) is 14.6. The highest BCUT2D eigenvalue weighted by Crippen LogP contribution is 2.38. The molecule has 2 rings (SSSR count). The highest BCUT2D eigenvalue weighted by molar-refractivity contribution is 9.10. The van der Waals surface area contributed by atoms with Crippen molar-refractivity contribution in [3.8, 4) is 0 Å². The van der Waals surface area contributed by atoms with Gasteiger partial charge in [0.2, 0.25) is 0 Å². The van der Waals surface area contributed by atoms with Crippen molar-refractivity contribution in [3.63, 3.8) is 0 Å². The zero-order valence-electron chi connectivity index (χ0n) is 13.0. The Hall–Kier alpha value is -0.640. The minimum Gasteiger partial charge on any atom is -0.383 e. The summed E-state index contributed by atoms with van der Waals surface area (Å²) in [7, 11) is 0. The molecule has 2 N–H and O–H groups in total. The van der Waals surface area contributed by atoms with Crippen molar-refractivity contribution >= 4 is 21.7 Å². The van der Waals surface area contributed by atoms with E-state index in [1.807, 2.05) is 0 Å². The largest absolute Gasteiger partial charge is 0.383 e. The van der Waals surface area contributed by atoms with Crippen LogP contribution >= 0.6 is 15.9 Å². The number of rotatable bonds is 2. The van der Waals surface area contributed by atoms with Gasteiger partial charge in [-0.05, 0) is 47.5 Å². The van der Waals surface area contributed by atoms with Gasteiger partial charge >= 0.3 is 0 Å². The molecule has 0 radical (unpaired) electrons. The molecule has 0 aromatic carbocycles. The van der Waals surface area contributed by atoms with E-state index in [0.29, 0.717) is 11.7 Å². The Labute approximate surface area is 130 Å². The quantitative estimate of drug-likeness (QED) is 0.841. The van der Waals surface area contributed by atoms with Gasteiger partial charge in [-0.1, -0.05) is 34.1 Å². The van der Waals surface area contributed by atoms with Crippen LogP contribution in [0.5, 0.6) is 0 Å². The number of hydrogen-bond donors (Lipinski definition) is 1. The third-order valence-corrected chi connectivity index (χ3v) is 5.18. The van der Waals surface area contributed by atoms with Crippen molar-refractivity contribution in [3.05, 3.63) is 16.0 Å². The van der Waals surface area contributed by atoms with Crippen LogP contribution in [0.1, 0.15) is 77.2 Å². The number of halogens is 1. The maximum Gasteiger partial charge on any atom is 0.141 e. The number of aromatic nitrogens is 2. The summed E-state index contributed by atoms with van der Waals surface area (Å²) in [6, 6.07) is 0. The molecule has 1 heterocycles. The van der Waals surface area contributed by atoms with Crippen LogP contribution in [0.2, 0.25) is 0 Å². The molecule has 112 valence electrons. The minimum absolute atomic E-state index is 0.0226. The molecule has 1 aromatic heterocycles. The Morgan fingerprint density at radius 1 is 1.15 bits per heavy atom. The number of nitrogens with zero attached hydrogens (tertiary/aromatic N) is 2. The van der Waals surface area contributed by atoms with E-state index in [0.717, 1.165) is 21.9 Å². The lowest BCUT2D eigenvalue weighted by atomic mass is 9.80. The summed E-state index contributed by atoms with van der Waals surface area (Å²) >= 11 is 3.54. The molecule has 0 bridgehead atoms. The lowest BCUT2D eigenvalue weighted by Gasteiger charge is -2.28. The highest BCUT2D eigenvalue weighted by atomic mass is 79.9. The van der Waals surface area contributed by atoms with Crippen molar-refractivity contribution in [2.45, 2.75) is 71.1 Å². The standard InChI is InChI=1S/C16H26BrN3/c1-5-10-6-8-11(9-7-10)15-19-13(16(2,3)4)12(17)14(18)20-15/h10-11H,5-9H2,1-4H3,(H2,18,19,20). The first kappa shape index (κ1) is 15.7. The Bertz CT molecular complexity index is 471. The van der Waals surface area contributed by atoms with E-state index in [1.165, 1.54) is 32.1 Å². The molecule has 1 fully saturated rings. The molecule has 1 aliphatic rings. The van der Waals surface area contributed by atoms with E-state index in [4.69, 9.17) is 10.7 Å². The van der Waals surface area contributed by atoms with E-state index in [-0.39, 0.29) is 5.41 Å². The average Bonchev–Trinajstić information content (AvgIpc) is 2.40. The molecule has 0 unspecified atom stereocenters. The average molecular weight is 340 g/mol. The first-order valence-corrected chi connectivity index (χ1v) is 8.45. The lowest BCUT2D eigenvalue weighted by Crippen LogP contribution is -2.21. The molecule has 1 aliphatic carbocycles. The Morgan fingerprint density at radius 2 is 1.75 bits per heavy atom. The second-order valence-corrected chi connectivity index (χ2v) is 7.80. The molecule has 20 heavy (non-hydrogen) atoms. The van der Waals surface area contributed by atoms with Crippen molar-refractivity contribution < 1.29 is 0 Å². The Kier molecular flexibility index (Phi) is 4.73. The molecular weight excluding hydrogens is 314 g/mol. The van der Waals surface area contributed by atoms with Crippen LogP contribution in [-0.2, 0) is 5.41 Å². The van der Waals surface area contributed by atoms with Gasteiger partial charge in [0.1, 0.15) is 11.6 Å². The molecular formula is C16H26BrN3. The van der Waals surface area contributed by atoms with Gasteiger partial charge in [0, 0.05) is 11.3 Å². The first-order valence-electron chi connectivity index (χ1n) is 7.66. The second-order valence-electron chi connectivity index (χ2n) is 7.01. The van der Waals surface area contributed by atoms with Crippen LogP contribution in [0.25, 0.3) is 0 Å².